The van der Waals surface area contributed by atoms with Gasteiger partial charge < -0.3 is 14.6 Å². The van der Waals surface area contributed by atoms with E-state index in [1.807, 2.05) is 28.8 Å². The highest BCUT2D eigenvalue weighted by molar-refractivity contribution is 7.99. The van der Waals surface area contributed by atoms with Gasteiger partial charge in [0.05, 0.1) is 11.4 Å². The molecule has 0 spiro atoms. The fourth-order valence-electron chi connectivity index (χ4n) is 2.93. The summed E-state index contributed by atoms with van der Waals surface area (Å²) >= 11 is 1.27. The zero-order chi connectivity index (χ0) is 22.2. The van der Waals surface area contributed by atoms with Gasteiger partial charge >= 0.3 is 0 Å². The molecule has 164 valence electrons. The average molecular weight is 443 g/mol. The van der Waals surface area contributed by atoms with E-state index in [2.05, 4.69) is 36.3 Å². The number of para-hydroxylation sites is 1. The molecule has 3 aromatic rings. The molecule has 0 fully saturated rings. The van der Waals surface area contributed by atoms with Gasteiger partial charge in [-0.05, 0) is 42.2 Å². The van der Waals surface area contributed by atoms with E-state index in [1.165, 1.54) is 29.5 Å². The molecule has 6 nitrogen and oxygen atoms in total. The largest absolute Gasteiger partial charge is 0.486 e. The molecule has 0 radical (unpaired) electrons. The summed E-state index contributed by atoms with van der Waals surface area (Å²) in [5.74, 6) is 1.17. The summed E-state index contributed by atoms with van der Waals surface area (Å²) < 4.78 is 21.6. The van der Waals surface area contributed by atoms with E-state index in [4.69, 9.17) is 4.74 Å². The lowest BCUT2D eigenvalue weighted by Crippen LogP contribution is -2.16. The van der Waals surface area contributed by atoms with Crippen LogP contribution >= 0.6 is 11.8 Å². The zero-order valence-electron chi connectivity index (χ0n) is 18.0. The second-order valence-electron chi connectivity index (χ2n) is 7.51. The third kappa shape index (κ3) is 6.55. The van der Waals surface area contributed by atoms with Crippen molar-refractivity contribution >= 4 is 23.4 Å². The van der Waals surface area contributed by atoms with Crippen LogP contribution in [0.5, 0.6) is 5.75 Å². The Kier molecular flexibility index (Phi) is 8.06. The number of thioether (sulfide) groups is 1. The maximum atomic E-state index is 13.7. The van der Waals surface area contributed by atoms with E-state index < -0.39 is 5.82 Å². The van der Waals surface area contributed by atoms with Gasteiger partial charge in [-0.25, -0.2) is 4.39 Å². The molecule has 2 aromatic carbocycles. The monoisotopic (exact) mass is 442 g/mol. The summed E-state index contributed by atoms with van der Waals surface area (Å²) in [5.41, 5.74) is 1.42. The second-order valence-corrected chi connectivity index (χ2v) is 8.45. The molecule has 1 N–H and O–H groups in total. The number of aryl methyl sites for hydroxylation is 1. The Balaban J connectivity index is 1.63. The molecule has 1 amide bonds. The Morgan fingerprint density at radius 2 is 1.90 bits per heavy atom. The van der Waals surface area contributed by atoms with Crippen molar-refractivity contribution in [1.82, 2.24) is 14.8 Å². The summed E-state index contributed by atoms with van der Waals surface area (Å²) in [6.07, 6.45) is 0.980. The molecule has 0 atom stereocenters. The number of rotatable bonds is 10. The quantitative estimate of drug-likeness (QED) is 0.450. The predicted molar refractivity (Wildman–Crippen MR) is 121 cm³/mol. The van der Waals surface area contributed by atoms with E-state index in [9.17, 15) is 9.18 Å². The summed E-state index contributed by atoms with van der Waals surface area (Å²) in [5, 5.41) is 11.7. The van der Waals surface area contributed by atoms with Crippen LogP contribution in [-0.4, -0.2) is 26.4 Å². The molecule has 8 heteroatoms. The van der Waals surface area contributed by atoms with Crippen LogP contribution in [0.3, 0.4) is 0 Å². The molecule has 0 unspecified atom stereocenters. The Morgan fingerprint density at radius 1 is 1.16 bits per heavy atom. The standard InChI is InChI=1S/C23H27FN4O2S/c1-4-17-9-11-18(12-10-17)30-14-21-26-27-23(28(21)13-16(2)3)31-15-22(29)25-20-8-6-5-7-19(20)24/h5-12,16H,4,13-15H2,1-3H3,(H,25,29). The molecule has 31 heavy (non-hydrogen) atoms. The van der Waals surface area contributed by atoms with Gasteiger partial charge in [-0.2, -0.15) is 0 Å². The number of amides is 1. The summed E-state index contributed by atoms with van der Waals surface area (Å²) in [6, 6.07) is 14.1. The van der Waals surface area contributed by atoms with Crippen LogP contribution in [0.2, 0.25) is 0 Å². The van der Waals surface area contributed by atoms with Crippen molar-refractivity contribution in [3.8, 4) is 5.75 Å². The first-order valence-electron chi connectivity index (χ1n) is 10.3. The van der Waals surface area contributed by atoms with Crippen LogP contribution in [0.25, 0.3) is 0 Å². The highest BCUT2D eigenvalue weighted by atomic mass is 32.2. The second kappa shape index (κ2) is 10.9. The van der Waals surface area contributed by atoms with Gasteiger partial charge in [-0.15, -0.1) is 10.2 Å². The van der Waals surface area contributed by atoms with E-state index in [0.29, 0.717) is 23.4 Å². The van der Waals surface area contributed by atoms with Crippen LogP contribution in [-0.2, 0) is 24.4 Å². The maximum Gasteiger partial charge on any atom is 0.234 e. The fourth-order valence-corrected chi connectivity index (χ4v) is 3.70. The topological polar surface area (TPSA) is 69.0 Å². The molecule has 3 rings (SSSR count). The fraction of sp³-hybridized carbons (Fsp3) is 0.348. The normalized spacial score (nSPS) is 11.0. The average Bonchev–Trinajstić information content (AvgIpc) is 3.13. The number of ether oxygens (including phenoxy) is 1. The van der Waals surface area contributed by atoms with Gasteiger partial charge in [0.2, 0.25) is 5.91 Å². The Hall–Kier alpha value is -2.87. The van der Waals surface area contributed by atoms with E-state index in [0.717, 1.165) is 12.2 Å². The molecule has 0 aliphatic heterocycles. The molecule has 0 aliphatic rings. The number of anilines is 1. The van der Waals surface area contributed by atoms with Gasteiger partial charge in [0.25, 0.3) is 0 Å². The number of carbonyl (C=O) groups is 1. The number of aromatic nitrogens is 3. The number of halogens is 1. The van der Waals surface area contributed by atoms with Crippen molar-refractivity contribution in [2.24, 2.45) is 5.92 Å². The van der Waals surface area contributed by atoms with Crippen LogP contribution < -0.4 is 10.1 Å². The molecule has 0 bridgehead atoms. The number of hydrogen-bond donors (Lipinski definition) is 1. The van der Waals surface area contributed by atoms with Crippen molar-refractivity contribution in [1.29, 1.82) is 0 Å². The molecule has 0 saturated carbocycles. The van der Waals surface area contributed by atoms with Crippen LogP contribution in [0.15, 0.2) is 53.7 Å². The molecular weight excluding hydrogens is 415 g/mol. The number of carbonyl (C=O) groups excluding carboxylic acids is 1. The van der Waals surface area contributed by atoms with E-state index >= 15 is 0 Å². The number of benzene rings is 2. The van der Waals surface area contributed by atoms with Gasteiger partial charge in [-0.3, -0.25) is 4.79 Å². The minimum absolute atomic E-state index is 0.101. The summed E-state index contributed by atoms with van der Waals surface area (Å²) in [6.45, 7) is 7.31. The van der Waals surface area contributed by atoms with Crippen molar-refractivity contribution in [3.63, 3.8) is 0 Å². The van der Waals surface area contributed by atoms with Crippen molar-refractivity contribution in [2.75, 3.05) is 11.1 Å². The van der Waals surface area contributed by atoms with Gasteiger partial charge in [0, 0.05) is 6.54 Å². The van der Waals surface area contributed by atoms with Crippen molar-refractivity contribution in [3.05, 3.63) is 65.7 Å². The first kappa shape index (κ1) is 22.8. The predicted octanol–water partition coefficient (Wildman–Crippen LogP) is 4.95. The number of nitrogens with one attached hydrogen (secondary N) is 1. The minimum Gasteiger partial charge on any atom is -0.486 e. The Bertz CT molecular complexity index is 1010. The van der Waals surface area contributed by atoms with Gasteiger partial charge in [0.1, 0.15) is 18.2 Å². The first-order chi connectivity index (χ1) is 15.0. The lowest BCUT2D eigenvalue weighted by atomic mass is 10.2. The van der Waals surface area contributed by atoms with Gasteiger partial charge in [-0.1, -0.05) is 56.8 Å². The number of hydrogen-bond acceptors (Lipinski definition) is 5. The molecule has 0 aliphatic carbocycles. The van der Waals surface area contributed by atoms with Crippen molar-refractivity contribution < 1.29 is 13.9 Å². The van der Waals surface area contributed by atoms with Crippen LogP contribution in [0.4, 0.5) is 10.1 Å². The lowest BCUT2D eigenvalue weighted by Gasteiger charge is -2.13. The third-order valence-corrected chi connectivity index (χ3v) is 5.49. The Labute approximate surface area is 186 Å². The number of nitrogens with zero attached hydrogens (tertiary/aromatic N) is 3. The highest BCUT2D eigenvalue weighted by Crippen LogP contribution is 2.21. The SMILES string of the molecule is CCc1ccc(OCc2nnc(SCC(=O)Nc3ccccc3F)n2CC(C)C)cc1. The molecule has 1 aromatic heterocycles. The van der Waals surface area contributed by atoms with E-state index in [-0.39, 0.29) is 24.0 Å². The maximum absolute atomic E-state index is 13.7. The molecule has 0 saturated heterocycles. The molecular formula is C23H27FN4O2S. The smallest absolute Gasteiger partial charge is 0.234 e. The van der Waals surface area contributed by atoms with E-state index in [1.54, 1.807) is 12.1 Å². The summed E-state index contributed by atoms with van der Waals surface area (Å²) in [7, 11) is 0. The molecule has 1 heterocycles. The van der Waals surface area contributed by atoms with Crippen LogP contribution in [0, 0.1) is 11.7 Å². The Morgan fingerprint density at radius 3 is 2.58 bits per heavy atom. The minimum atomic E-state index is -0.463. The summed E-state index contributed by atoms with van der Waals surface area (Å²) in [4.78, 5) is 12.3. The first-order valence-corrected chi connectivity index (χ1v) is 11.3. The van der Waals surface area contributed by atoms with Gasteiger partial charge in [0.15, 0.2) is 11.0 Å². The highest BCUT2D eigenvalue weighted by Gasteiger charge is 2.16. The third-order valence-electron chi connectivity index (χ3n) is 4.52. The zero-order valence-corrected chi connectivity index (χ0v) is 18.8. The van der Waals surface area contributed by atoms with Crippen LogP contribution in [0.1, 0.15) is 32.2 Å². The lowest BCUT2D eigenvalue weighted by molar-refractivity contribution is -0.113. The van der Waals surface area contributed by atoms with Crippen molar-refractivity contribution in [2.45, 2.75) is 45.5 Å².